The van der Waals surface area contributed by atoms with Crippen LogP contribution in [0.1, 0.15) is 43.2 Å². The zero-order valence-electron chi connectivity index (χ0n) is 17.2. The summed E-state index contributed by atoms with van der Waals surface area (Å²) < 4.78 is 1.11. The van der Waals surface area contributed by atoms with Crippen LogP contribution in [0.25, 0.3) is 0 Å². The SMILES string of the molecule is CCCC[N+]1(C)CCN(C(=O)CC(c2ccccc2)c2ccccc2)CC1.[I-]. The van der Waals surface area contributed by atoms with Crippen molar-refractivity contribution in [2.45, 2.75) is 32.1 Å². The average Bonchev–Trinajstić information content (AvgIpc) is 2.72. The number of amides is 1. The molecule has 0 spiro atoms. The number of halogens is 1. The second-order valence-corrected chi connectivity index (χ2v) is 8.10. The molecule has 1 aliphatic heterocycles. The van der Waals surface area contributed by atoms with Crippen molar-refractivity contribution in [2.24, 2.45) is 0 Å². The molecule has 2 aromatic carbocycles. The Morgan fingerprint density at radius 1 is 0.964 bits per heavy atom. The van der Waals surface area contributed by atoms with E-state index in [0.29, 0.717) is 6.42 Å². The topological polar surface area (TPSA) is 20.3 Å². The third-order valence-corrected chi connectivity index (χ3v) is 6.01. The van der Waals surface area contributed by atoms with Gasteiger partial charge in [0.25, 0.3) is 0 Å². The molecule has 0 radical (unpaired) electrons. The van der Waals surface area contributed by atoms with Gasteiger partial charge in [-0.25, -0.2) is 0 Å². The van der Waals surface area contributed by atoms with E-state index in [4.69, 9.17) is 0 Å². The van der Waals surface area contributed by atoms with E-state index < -0.39 is 0 Å². The van der Waals surface area contributed by atoms with Crippen LogP contribution in [0.15, 0.2) is 60.7 Å². The molecule has 0 aliphatic carbocycles. The average molecular weight is 492 g/mol. The summed E-state index contributed by atoms with van der Waals surface area (Å²) in [5.41, 5.74) is 2.44. The molecule has 0 N–H and O–H groups in total. The normalized spacial score (nSPS) is 15.9. The van der Waals surface area contributed by atoms with Crippen molar-refractivity contribution in [1.82, 2.24) is 4.90 Å². The third kappa shape index (κ3) is 6.05. The van der Waals surface area contributed by atoms with E-state index >= 15 is 0 Å². The smallest absolute Gasteiger partial charge is 0.223 e. The number of rotatable bonds is 7. The molecule has 0 aromatic heterocycles. The highest BCUT2D eigenvalue weighted by Crippen LogP contribution is 2.29. The molecule has 0 unspecified atom stereocenters. The Labute approximate surface area is 187 Å². The number of carbonyl (C=O) groups excluding carboxylic acids is 1. The Bertz CT molecular complexity index is 672. The lowest BCUT2D eigenvalue weighted by atomic mass is 9.88. The van der Waals surface area contributed by atoms with Crippen LogP contribution in [-0.2, 0) is 4.79 Å². The molecule has 2 aromatic rings. The second-order valence-electron chi connectivity index (χ2n) is 8.10. The van der Waals surface area contributed by atoms with Crippen LogP contribution < -0.4 is 24.0 Å². The highest BCUT2D eigenvalue weighted by atomic mass is 127. The van der Waals surface area contributed by atoms with Crippen molar-refractivity contribution in [3.8, 4) is 0 Å². The van der Waals surface area contributed by atoms with Gasteiger partial charge in [-0.3, -0.25) is 4.79 Å². The first-order chi connectivity index (χ1) is 13.1. The van der Waals surface area contributed by atoms with Crippen LogP contribution in [-0.4, -0.2) is 55.1 Å². The van der Waals surface area contributed by atoms with E-state index in [0.717, 1.165) is 30.7 Å². The van der Waals surface area contributed by atoms with Crippen LogP contribution in [0.2, 0.25) is 0 Å². The van der Waals surface area contributed by atoms with Gasteiger partial charge in [-0.2, -0.15) is 0 Å². The quantitative estimate of drug-likeness (QED) is 0.422. The Balaban J connectivity index is 0.00000280. The maximum atomic E-state index is 13.1. The number of nitrogens with zero attached hydrogens (tertiary/aromatic N) is 2. The van der Waals surface area contributed by atoms with Crippen molar-refractivity contribution >= 4 is 5.91 Å². The summed E-state index contributed by atoms with van der Waals surface area (Å²) in [5.74, 6) is 0.414. The lowest BCUT2D eigenvalue weighted by molar-refractivity contribution is -0.913. The van der Waals surface area contributed by atoms with Gasteiger partial charge in [-0.15, -0.1) is 0 Å². The third-order valence-electron chi connectivity index (χ3n) is 6.01. The molecule has 0 atom stereocenters. The number of hydrogen-bond donors (Lipinski definition) is 0. The van der Waals surface area contributed by atoms with Crippen LogP contribution in [0, 0.1) is 0 Å². The second kappa shape index (κ2) is 11.0. The standard InChI is InChI=1S/C24H33N2O.HI/c1-3-4-17-26(2)18-15-25(16-19-26)24(27)20-23(21-11-7-5-8-12-21)22-13-9-6-10-14-22;/h5-14,23H,3-4,15-20H2,1-2H3;1H/q+1;/p-1. The van der Waals surface area contributed by atoms with E-state index in [1.807, 2.05) is 12.1 Å². The maximum absolute atomic E-state index is 13.1. The first-order valence-electron chi connectivity index (χ1n) is 10.3. The highest BCUT2D eigenvalue weighted by Gasteiger charge is 2.31. The molecule has 28 heavy (non-hydrogen) atoms. The first kappa shape index (κ1) is 22.9. The Morgan fingerprint density at radius 3 is 1.93 bits per heavy atom. The minimum Gasteiger partial charge on any atom is -1.00 e. The molecule has 3 rings (SSSR count). The number of quaternary nitrogens is 1. The molecule has 152 valence electrons. The van der Waals surface area contributed by atoms with Crippen LogP contribution >= 0.6 is 0 Å². The summed E-state index contributed by atoms with van der Waals surface area (Å²) in [5, 5.41) is 0. The molecule has 0 saturated carbocycles. The molecule has 1 amide bonds. The Morgan fingerprint density at radius 2 is 1.46 bits per heavy atom. The predicted molar refractivity (Wildman–Crippen MR) is 112 cm³/mol. The zero-order valence-corrected chi connectivity index (χ0v) is 19.3. The molecule has 3 nitrogen and oxygen atoms in total. The lowest BCUT2D eigenvalue weighted by Gasteiger charge is -2.42. The van der Waals surface area contributed by atoms with E-state index in [-0.39, 0.29) is 35.8 Å². The fourth-order valence-corrected chi connectivity index (χ4v) is 4.06. The predicted octanol–water partition coefficient (Wildman–Crippen LogP) is 1.30. The molecule has 1 heterocycles. The van der Waals surface area contributed by atoms with Gasteiger partial charge in [0.1, 0.15) is 0 Å². The molecule has 1 aliphatic rings. The Kier molecular flexibility index (Phi) is 8.96. The zero-order chi connectivity index (χ0) is 19.1. The van der Waals surface area contributed by atoms with E-state index in [1.165, 1.54) is 30.5 Å². The van der Waals surface area contributed by atoms with Crippen LogP contribution in [0.3, 0.4) is 0 Å². The van der Waals surface area contributed by atoms with Crippen molar-refractivity contribution in [3.05, 3.63) is 71.8 Å². The van der Waals surface area contributed by atoms with E-state index in [9.17, 15) is 4.79 Å². The summed E-state index contributed by atoms with van der Waals surface area (Å²) in [6, 6.07) is 20.9. The molecule has 1 fully saturated rings. The number of benzene rings is 2. The van der Waals surface area contributed by atoms with E-state index in [1.54, 1.807) is 0 Å². The van der Waals surface area contributed by atoms with Gasteiger partial charge < -0.3 is 33.4 Å². The summed E-state index contributed by atoms with van der Waals surface area (Å²) in [4.78, 5) is 15.2. The lowest BCUT2D eigenvalue weighted by Crippen LogP contribution is -3.00. The first-order valence-corrected chi connectivity index (χ1v) is 10.3. The van der Waals surface area contributed by atoms with Gasteiger partial charge >= 0.3 is 0 Å². The maximum Gasteiger partial charge on any atom is 0.223 e. The summed E-state index contributed by atoms with van der Waals surface area (Å²) in [6.45, 7) is 7.40. The molecule has 0 bridgehead atoms. The molecule has 4 heteroatoms. The van der Waals surface area contributed by atoms with Gasteiger partial charge in [-0.05, 0) is 17.5 Å². The van der Waals surface area contributed by atoms with E-state index in [2.05, 4.69) is 67.4 Å². The van der Waals surface area contributed by atoms with Gasteiger partial charge in [0.15, 0.2) is 0 Å². The van der Waals surface area contributed by atoms with Crippen LogP contribution in [0.5, 0.6) is 0 Å². The number of carbonyl (C=O) groups is 1. The van der Waals surface area contributed by atoms with Gasteiger partial charge in [-0.1, -0.05) is 74.0 Å². The van der Waals surface area contributed by atoms with Crippen LogP contribution in [0.4, 0.5) is 0 Å². The summed E-state index contributed by atoms with van der Waals surface area (Å²) >= 11 is 0. The fraction of sp³-hybridized carbons (Fsp3) is 0.458. The van der Waals surface area contributed by atoms with Crippen molar-refractivity contribution in [3.63, 3.8) is 0 Å². The summed E-state index contributed by atoms with van der Waals surface area (Å²) in [7, 11) is 2.34. The van der Waals surface area contributed by atoms with Gasteiger partial charge in [0.05, 0.1) is 39.8 Å². The van der Waals surface area contributed by atoms with Crippen molar-refractivity contribution < 1.29 is 33.3 Å². The summed E-state index contributed by atoms with van der Waals surface area (Å²) in [6.07, 6.45) is 3.06. The number of unbranched alkanes of at least 4 members (excludes halogenated alkanes) is 1. The largest absolute Gasteiger partial charge is 1.00 e. The van der Waals surface area contributed by atoms with Gasteiger partial charge in [0, 0.05) is 12.3 Å². The molecular formula is C24H33IN2O. The van der Waals surface area contributed by atoms with Crippen molar-refractivity contribution in [2.75, 3.05) is 39.8 Å². The number of hydrogen-bond acceptors (Lipinski definition) is 1. The molecular weight excluding hydrogens is 459 g/mol. The monoisotopic (exact) mass is 492 g/mol. The minimum absolute atomic E-state index is 0. The Hall–Kier alpha value is -1.40. The fourth-order valence-electron chi connectivity index (χ4n) is 4.06. The number of likely N-dealkylation sites (N-methyl/N-ethyl adjacent to an activating group) is 1. The highest BCUT2D eigenvalue weighted by molar-refractivity contribution is 5.78. The molecule has 1 saturated heterocycles. The van der Waals surface area contributed by atoms with Gasteiger partial charge in [0.2, 0.25) is 5.91 Å². The number of piperazine rings is 1. The minimum atomic E-state index is 0. The van der Waals surface area contributed by atoms with Crippen molar-refractivity contribution in [1.29, 1.82) is 0 Å².